The van der Waals surface area contributed by atoms with Gasteiger partial charge in [-0.05, 0) is 12.1 Å². The summed E-state index contributed by atoms with van der Waals surface area (Å²) in [6, 6.07) is 3.52. The van der Waals surface area contributed by atoms with Gasteiger partial charge in [-0.15, -0.1) is 5.10 Å². The van der Waals surface area contributed by atoms with E-state index in [0.29, 0.717) is 18.0 Å². The molecule has 2 aromatic heterocycles. The Balaban J connectivity index is 1.88. The molecule has 0 saturated carbocycles. The molecule has 2 heterocycles. The molecule has 0 radical (unpaired) electrons. The molecule has 0 spiro atoms. The van der Waals surface area contributed by atoms with E-state index in [-0.39, 0.29) is 0 Å². The van der Waals surface area contributed by atoms with Crippen LogP contribution >= 0.6 is 11.6 Å². The first-order valence-corrected chi connectivity index (χ1v) is 5.14. The first-order chi connectivity index (χ1) is 7.84. The van der Waals surface area contributed by atoms with Crippen LogP contribution in [0.1, 0.15) is 11.5 Å². The molecule has 4 nitrogen and oxygen atoms in total. The van der Waals surface area contributed by atoms with E-state index in [1.807, 2.05) is 6.07 Å². The van der Waals surface area contributed by atoms with Crippen molar-refractivity contribution < 1.29 is 0 Å². The summed E-state index contributed by atoms with van der Waals surface area (Å²) >= 11 is 5.62. The fourth-order valence-electron chi connectivity index (χ4n) is 1.13. The van der Waals surface area contributed by atoms with Crippen molar-refractivity contribution in [1.29, 1.82) is 0 Å². The molecule has 2 aromatic rings. The SMILES string of the molecule is Clc1ccc(CC#CCc2ncc[nH]2)nn1. The van der Waals surface area contributed by atoms with E-state index in [1.165, 1.54) is 0 Å². The van der Waals surface area contributed by atoms with E-state index in [4.69, 9.17) is 11.6 Å². The topological polar surface area (TPSA) is 54.5 Å². The molecule has 0 unspecified atom stereocenters. The van der Waals surface area contributed by atoms with Gasteiger partial charge in [-0.1, -0.05) is 23.4 Å². The Morgan fingerprint density at radius 3 is 2.75 bits per heavy atom. The molecular formula is C11H9ClN4. The van der Waals surface area contributed by atoms with E-state index in [2.05, 4.69) is 32.0 Å². The molecular weight excluding hydrogens is 224 g/mol. The molecule has 0 bridgehead atoms. The highest BCUT2D eigenvalue weighted by atomic mass is 35.5. The van der Waals surface area contributed by atoms with Gasteiger partial charge >= 0.3 is 0 Å². The third-order valence-electron chi connectivity index (χ3n) is 1.89. The number of hydrogen-bond acceptors (Lipinski definition) is 3. The van der Waals surface area contributed by atoms with Crippen LogP contribution in [0.4, 0.5) is 0 Å². The average Bonchev–Trinajstić information content (AvgIpc) is 2.80. The number of imidazole rings is 1. The summed E-state index contributed by atoms with van der Waals surface area (Å²) in [6.45, 7) is 0. The number of H-pyrrole nitrogens is 1. The molecule has 0 aromatic carbocycles. The molecule has 0 saturated heterocycles. The Hall–Kier alpha value is -1.86. The van der Waals surface area contributed by atoms with Crippen molar-refractivity contribution in [2.24, 2.45) is 0 Å². The molecule has 5 heteroatoms. The lowest BCUT2D eigenvalue weighted by Crippen LogP contribution is -1.91. The maximum Gasteiger partial charge on any atom is 0.151 e. The van der Waals surface area contributed by atoms with Gasteiger partial charge in [0.1, 0.15) is 5.82 Å². The maximum absolute atomic E-state index is 5.62. The number of halogens is 1. The van der Waals surface area contributed by atoms with Crippen LogP contribution in [0.25, 0.3) is 0 Å². The molecule has 0 aliphatic carbocycles. The molecule has 2 rings (SSSR count). The lowest BCUT2D eigenvalue weighted by molar-refractivity contribution is 0.955. The second-order valence-electron chi connectivity index (χ2n) is 3.09. The normalized spacial score (nSPS) is 9.56. The predicted molar refractivity (Wildman–Crippen MR) is 60.8 cm³/mol. The van der Waals surface area contributed by atoms with Gasteiger partial charge in [-0.3, -0.25) is 0 Å². The van der Waals surface area contributed by atoms with Crippen LogP contribution < -0.4 is 0 Å². The summed E-state index contributed by atoms with van der Waals surface area (Å²) in [5.41, 5.74) is 0.816. The quantitative estimate of drug-likeness (QED) is 0.801. The van der Waals surface area contributed by atoms with Crippen LogP contribution in [-0.2, 0) is 12.8 Å². The highest BCUT2D eigenvalue weighted by Crippen LogP contribution is 2.02. The number of hydrogen-bond donors (Lipinski definition) is 1. The van der Waals surface area contributed by atoms with E-state index < -0.39 is 0 Å². The lowest BCUT2D eigenvalue weighted by Gasteiger charge is -1.91. The first-order valence-electron chi connectivity index (χ1n) is 4.76. The van der Waals surface area contributed by atoms with Crippen LogP contribution in [0.5, 0.6) is 0 Å². The maximum atomic E-state index is 5.62. The monoisotopic (exact) mass is 232 g/mol. The smallest absolute Gasteiger partial charge is 0.151 e. The van der Waals surface area contributed by atoms with E-state index >= 15 is 0 Å². The van der Waals surface area contributed by atoms with Gasteiger partial charge in [-0.2, -0.15) is 5.10 Å². The summed E-state index contributed by atoms with van der Waals surface area (Å²) in [4.78, 5) is 7.05. The fourth-order valence-corrected chi connectivity index (χ4v) is 1.23. The van der Waals surface area contributed by atoms with Crippen molar-refractivity contribution in [2.75, 3.05) is 0 Å². The van der Waals surface area contributed by atoms with E-state index in [9.17, 15) is 0 Å². The zero-order chi connectivity index (χ0) is 11.2. The largest absolute Gasteiger partial charge is 0.348 e. The number of rotatable bonds is 2. The van der Waals surface area contributed by atoms with Crippen LogP contribution in [0.2, 0.25) is 5.15 Å². The summed E-state index contributed by atoms with van der Waals surface area (Å²) < 4.78 is 0. The third-order valence-corrected chi connectivity index (χ3v) is 2.09. The van der Waals surface area contributed by atoms with E-state index in [1.54, 1.807) is 18.5 Å². The van der Waals surface area contributed by atoms with E-state index in [0.717, 1.165) is 11.5 Å². The summed E-state index contributed by atoms with van der Waals surface area (Å²) in [5, 5.41) is 8.04. The Kier molecular flexibility index (Phi) is 3.52. The van der Waals surface area contributed by atoms with Gasteiger partial charge in [0.25, 0.3) is 0 Å². The molecule has 1 N–H and O–H groups in total. The van der Waals surface area contributed by atoms with Gasteiger partial charge in [0, 0.05) is 12.4 Å². The Morgan fingerprint density at radius 2 is 2.06 bits per heavy atom. The molecule has 0 amide bonds. The zero-order valence-corrected chi connectivity index (χ0v) is 9.20. The Bertz CT molecular complexity index is 493. The van der Waals surface area contributed by atoms with Crippen molar-refractivity contribution in [3.8, 4) is 11.8 Å². The predicted octanol–water partition coefficient (Wildman–Crippen LogP) is 1.64. The number of nitrogens with one attached hydrogen (secondary N) is 1. The zero-order valence-electron chi connectivity index (χ0n) is 8.44. The van der Waals surface area contributed by atoms with Crippen LogP contribution in [-0.4, -0.2) is 20.2 Å². The Labute approximate surface area is 98.1 Å². The van der Waals surface area contributed by atoms with Crippen molar-refractivity contribution in [2.45, 2.75) is 12.8 Å². The second-order valence-corrected chi connectivity index (χ2v) is 3.48. The van der Waals surface area contributed by atoms with Gasteiger partial charge in [-0.25, -0.2) is 4.98 Å². The third kappa shape index (κ3) is 3.07. The van der Waals surface area contributed by atoms with Gasteiger partial charge in [0.05, 0.1) is 18.5 Å². The first kappa shape index (κ1) is 10.7. The Morgan fingerprint density at radius 1 is 1.19 bits per heavy atom. The molecule has 0 aliphatic rings. The molecule has 0 fully saturated rings. The fraction of sp³-hybridized carbons (Fsp3) is 0.182. The molecule has 16 heavy (non-hydrogen) atoms. The summed E-state index contributed by atoms with van der Waals surface area (Å²) in [7, 11) is 0. The van der Waals surface area contributed by atoms with Crippen LogP contribution in [0, 0.1) is 11.8 Å². The van der Waals surface area contributed by atoms with Crippen molar-refractivity contribution in [1.82, 2.24) is 20.2 Å². The number of aromatic nitrogens is 4. The van der Waals surface area contributed by atoms with Crippen LogP contribution in [0.3, 0.4) is 0 Å². The molecule has 80 valence electrons. The van der Waals surface area contributed by atoms with Crippen LogP contribution in [0.15, 0.2) is 24.5 Å². The molecule has 0 atom stereocenters. The van der Waals surface area contributed by atoms with Gasteiger partial charge in [0.2, 0.25) is 0 Å². The minimum Gasteiger partial charge on any atom is -0.348 e. The number of aromatic amines is 1. The highest BCUT2D eigenvalue weighted by Gasteiger charge is 1.93. The second kappa shape index (κ2) is 5.29. The minimum absolute atomic E-state index is 0.396. The van der Waals surface area contributed by atoms with Crippen molar-refractivity contribution in [3.63, 3.8) is 0 Å². The average molecular weight is 233 g/mol. The van der Waals surface area contributed by atoms with Crippen molar-refractivity contribution >= 4 is 11.6 Å². The minimum atomic E-state index is 0.396. The highest BCUT2D eigenvalue weighted by molar-refractivity contribution is 6.29. The number of nitrogens with zero attached hydrogens (tertiary/aromatic N) is 3. The van der Waals surface area contributed by atoms with Gasteiger partial charge in [0.15, 0.2) is 5.15 Å². The summed E-state index contributed by atoms with van der Waals surface area (Å²) in [6.07, 6.45) is 4.68. The van der Waals surface area contributed by atoms with Gasteiger partial charge < -0.3 is 4.98 Å². The molecule has 0 aliphatic heterocycles. The summed E-state index contributed by atoms with van der Waals surface area (Å²) in [5.74, 6) is 6.88. The standard InChI is InChI=1S/C11H9ClN4/c12-10-6-5-9(15-16-10)3-1-2-4-11-13-7-8-14-11/h5-8H,3-4H2,(H,13,14). The lowest BCUT2D eigenvalue weighted by atomic mass is 10.3. The van der Waals surface area contributed by atoms with Crippen molar-refractivity contribution in [3.05, 3.63) is 41.2 Å².